The summed E-state index contributed by atoms with van der Waals surface area (Å²) in [5.41, 5.74) is 0.294. The molecule has 112 valence electrons. The minimum Gasteiger partial charge on any atom is -0.464 e. The van der Waals surface area contributed by atoms with E-state index in [1.54, 1.807) is 0 Å². The Morgan fingerprint density at radius 2 is 1.85 bits per heavy atom. The number of carbonyl (C=O) groups is 3. The van der Waals surface area contributed by atoms with Crippen molar-refractivity contribution >= 4 is 18.4 Å². The number of carbonyl (C=O) groups excluding carboxylic acids is 3. The van der Waals surface area contributed by atoms with Crippen molar-refractivity contribution < 1.29 is 28.6 Å². The van der Waals surface area contributed by atoms with E-state index in [9.17, 15) is 14.4 Å². The molecule has 0 aromatic heterocycles. The highest BCUT2D eigenvalue weighted by atomic mass is 16.6. The minimum absolute atomic E-state index is 0.0106. The first-order chi connectivity index (χ1) is 9.56. The van der Waals surface area contributed by atoms with Crippen molar-refractivity contribution in [3.63, 3.8) is 0 Å². The van der Waals surface area contributed by atoms with E-state index in [1.807, 2.05) is 0 Å². The molecular formula is C14H20O6. The standard InChI is InChI=1S/C14H20O6/c1-10(2)13(16)18-7-8-19-14(17)11-5-3-4-6-12(11)20-9-15/h9,11-12H,1,3-8H2,2H3. The van der Waals surface area contributed by atoms with Crippen LogP contribution in [0.3, 0.4) is 0 Å². The van der Waals surface area contributed by atoms with Gasteiger partial charge in [-0.2, -0.15) is 0 Å². The summed E-state index contributed by atoms with van der Waals surface area (Å²) in [6.45, 7) is 5.32. The first-order valence-electron chi connectivity index (χ1n) is 6.64. The smallest absolute Gasteiger partial charge is 0.333 e. The molecule has 0 saturated heterocycles. The van der Waals surface area contributed by atoms with Crippen LogP contribution in [0.4, 0.5) is 0 Å². The van der Waals surface area contributed by atoms with Crippen LogP contribution in [0.15, 0.2) is 12.2 Å². The molecule has 0 radical (unpaired) electrons. The maximum atomic E-state index is 11.9. The Hall–Kier alpha value is -1.85. The van der Waals surface area contributed by atoms with Crippen LogP contribution in [0.2, 0.25) is 0 Å². The van der Waals surface area contributed by atoms with Gasteiger partial charge in [-0.3, -0.25) is 9.59 Å². The van der Waals surface area contributed by atoms with E-state index in [2.05, 4.69) is 6.58 Å². The number of hydrogen-bond acceptors (Lipinski definition) is 6. The van der Waals surface area contributed by atoms with Gasteiger partial charge in [0.2, 0.25) is 0 Å². The second-order valence-electron chi connectivity index (χ2n) is 4.75. The first kappa shape index (κ1) is 16.2. The van der Waals surface area contributed by atoms with Crippen LogP contribution in [0.25, 0.3) is 0 Å². The predicted molar refractivity (Wildman–Crippen MR) is 69.6 cm³/mol. The van der Waals surface area contributed by atoms with Crippen LogP contribution in [0, 0.1) is 5.92 Å². The number of rotatable bonds is 7. The topological polar surface area (TPSA) is 78.9 Å². The maximum Gasteiger partial charge on any atom is 0.333 e. The molecular weight excluding hydrogens is 264 g/mol. The van der Waals surface area contributed by atoms with Crippen LogP contribution in [-0.4, -0.2) is 37.7 Å². The van der Waals surface area contributed by atoms with Gasteiger partial charge in [-0.05, 0) is 26.2 Å². The predicted octanol–water partition coefficient (Wildman–Crippen LogP) is 1.38. The molecule has 0 amide bonds. The van der Waals surface area contributed by atoms with E-state index in [4.69, 9.17) is 14.2 Å². The lowest BCUT2D eigenvalue weighted by Gasteiger charge is -2.28. The van der Waals surface area contributed by atoms with Gasteiger partial charge in [0.25, 0.3) is 6.47 Å². The molecule has 0 spiro atoms. The van der Waals surface area contributed by atoms with E-state index >= 15 is 0 Å². The molecule has 6 nitrogen and oxygen atoms in total. The molecule has 2 unspecified atom stereocenters. The molecule has 2 atom stereocenters. The van der Waals surface area contributed by atoms with Gasteiger partial charge in [-0.1, -0.05) is 13.0 Å². The second kappa shape index (κ2) is 8.35. The fraction of sp³-hybridized carbons (Fsp3) is 0.643. The highest BCUT2D eigenvalue weighted by Gasteiger charge is 2.33. The fourth-order valence-corrected chi connectivity index (χ4v) is 2.11. The van der Waals surface area contributed by atoms with Crippen LogP contribution < -0.4 is 0 Å². The van der Waals surface area contributed by atoms with E-state index in [0.29, 0.717) is 24.9 Å². The normalized spacial score (nSPS) is 21.6. The molecule has 0 N–H and O–H groups in total. The lowest BCUT2D eigenvalue weighted by molar-refractivity contribution is -0.161. The molecule has 0 aromatic rings. The largest absolute Gasteiger partial charge is 0.464 e. The van der Waals surface area contributed by atoms with Gasteiger partial charge in [0.05, 0.1) is 5.92 Å². The van der Waals surface area contributed by atoms with Gasteiger partial charge in [-0.15, -0.1) is 0 Å². The molecule has 1 rings (SSSR count). The Balaban J connectivity index is 2.31. The average Bonchev–Trinajstić information content (AvgIpc) is 2.44. The summed E-state index contributed by atoms with van der Waals surface area (Å²) in [6.07, 6.45) is 2.74. The van der Waals surface area contributed by atoms with Crippen molar-refractivity contribution in [1.82, 2.24) is 0 Å². The number of hydrogen-bond donors (Lipinski definition) is 0. The molecule has 0 aliphatic heterocycles. The van der Waals surface area contributed by atoms with E-state index in [1.165, 1.54) is 6.92 Å². The van der Waals surface area contributed by atoms with E-state index < -0.39 is 24.0 Å². The number of esters is 2. The Morgan fingerprint density at radius 3 is 2.50 bits per heavy atom. The molecule has 1 aliphatic rings. The van der Waals surface area contributed by atoms with Crippen molar-refractivity contribution in [2.75, 3.05) is 13.2 Å². The van der Waals surface area contributed by atoms with Crippen LogP contribution >= 0.6 is 0 Å². The summed E-state index contributed by atoms with van der Waals surface area (Å²) < 4.78 is 14.8. The zero-order valence-electron chi connectivity index (χ0n) is 11.6. The highest BCUT2D eigenvalue weighted by Crippen LogP contribution is 2.27. The van der Waals surface area contributed by atoms with Gasteiger partial charge >= 0.3 is 11.9 Å². The third kappa shape index (κ3) is 5.03. The molecule has 1 fully saturated rings. The molecule has 1 saturated carbocycles. The third-order valence-corrected chi connectivity index (χ3v) is 3.14. The van der Waals surface area contributed by atoms with Crippen molar-refractivity contribution in [2.45, 2.75) is 38.7 Å². The lowest BCUT2D eigenvalue weighted by atomic mass is 9.86. The first-order valence-corrected chi connectivity index (χ1v) is 6.64. The summed E-state index contributed by atoms with van der Waals surface area (Å²) in [5.74, 6) is -1.35. The Kier molecular flexibility index (Phi) is 6.76. The van der Waals surface area contributed by atoms with Crippen LogP contribution in [-0.2, 0) is 28.6 Å². The van der Waals surface area contributed by atoms with Gasteiger partial charge in [0.1, 0.15) is 19.3 Å². The lowest BCUT2D eigenvalue weighted by Crippen LogP contribution is -2.35. The summed E-state index contributed by atoms with van der Waals surface area (Å²) in [4.78, 5) is 33.4. The molecule has 0 bridgehead atoms. The zero-order chi connectivity index (χ0) is 15.0. The summed E-state index contributed by atoms with van der Waals surface area (Å²) in [7, 11) is 0. The Morgan fingerprint density at radius 1 is 1.20 bits per heavy atom. The van der Waals surface area contributed by atoms with E-state index in [0.717, 1.165) is 12.8 Å². The summed E-state index contributed by atoms with van der Waals surface area (Å²) in [5, 5.41) is 0. The van der Waals surface area contributed by atoms with Crippen LogP contribution in [0.5, 0.6) is 0 Å². The molecule has 1 aliphatic carbocycles. The summed E-state index contributed by atoms with van der Waals surface area (Å²) >= 11 is 0. The summed E-state index contributed by atoms with van der Waals surface area (Å²) in [6, 6.07) is 0. The molecule has 20 heavy (non-hydrogen) atoms. The van der Waals surface area contributed by atoms with Gasteiger partial charge < -0.3 is 14.2 Å². The zero-order valence-corrected chi connectivity index (χ0v) is 11.6. The van der Waals surface area contributed by atoms with Crippen molar-refractivity contribution in [3.05, 3.63) is 12.2 Å². The Bertz CT molecular complexity index is 376. The SMILES string of the molecule is C=C(C)C(=O)OCCOC(=O)C1CCCCC1OC=O. The highest BCUT2D eigenvalue weighted by molar-refractivity contribution is 5.86. The Labute approximate surface area is 118 Å². The van der Waals surface area contributed by atoms with Crippen molar-refractivity contribution in [1.29, 1.82) is 0 Å². The minimum atomic E-state index is -0.513. The van der Waals surface area contributed by atoms with Crippen LogP contribution in [0.1, 0.15) is 32.6 Å². The molecule has 0 aromatic carbocycles. The van der Waals surface area contributed by atoms with Crippen molar-refractivity contribution in [2.24, 2.45) is 5.92 Å². The monoisotopic (exact) mass is 284 g/mol. The quantitative estimate of drug-likeness (QED) is 0.231. The average molecular weight is 284 g/mol. The van der Waals surface area contributed by atoms with Crippen molar-refractivity contribution in [3.8, 4) is 0 Å². The van der Waals surface area contributed by atoms with Gasteiger partial charge in [0, 0.05) is 5.57 Å². The second-order valence-corrected chi connectivity index (χ2v) is 4.75. The van der Waals surface area contributed by atoms with Gasteiger partial charge in [-0.25, -0.2) is 4.79 Å². The van der Waals surface area contributed by atoms with E-state index in [-0.39, 0.29) is 13.2 Å². The molecule has 0 heterocycles. The maximum absolute atomic E-state index is 11.9. The van der Waals surface area contributed by atoms with Gasteiger partial charge in [0.15, 0.2) is 0 Å². The molecule has 6 heteroatoms. The third-order valence-electron chi connectivity index (χ3n) is 3.14. The fourth-order valence-electron chi connectivity index (χ4n) is 2.11. The number of ether oxygens (including phenoxy) is 3.